The van der Waals surface area contributed by atoms with Crippen molar-refractivity contribution in [3.05, 3.63) is 0 Å². The van der Waals surface area contributed by atoms with Gasteiger partial charge < -0.3 is 4.90 Å². The number of hydrogen-bond donors (Lipinski definition) is 0. The largest absolute Gasteiger partial charge is 0.339 e. The van der Waals surface area contributed by atoms with Crippen LogP contribution in [0, 0.1) is 16.7 Å². The van der Waals surface area contributed by atoms with Crippen LogP contribution in [0.25, 0.3) is 0 Å². The van der Waals surface area contributed by atoms with Crippen molar-refractivity contribution in [3.63, 3.8) is 0 Å². The van der Waals surface area contributed by atoms with Crippen molar-refractivity contribution in [1.29, 1.82) is 5.26 Å². The fraction of sp³-hybridized carbons (Fsp3) is 0.833. The summed E-state index contributed by atoms with van der Waals surface area (Å²) >= 11 is 0. The number of hydrogen-bond acceptors (Lipinski definition) is 2. The maximum Gasteiger partial charge on any atom is 0.223 e. The molecule has 0 bridgehead atoms. The molecule has 0 unspecified atom stereocenters. The molecule has 0 saturated heterocycles. The van der Waals surface area contributed by atoms with E-state index in [2.05, 4.69) is 6.07 Å². The van der Waals surface area contributed by atoms with E-state index in [0.717, 1.165) is 0 Å². The minimum atomic E-state index is 0.0108. The molecule has 0 aromatic rings. The van der Waals surface area contributed by atoms with E-state index >= 15 is 0 Å². The van der Waals surface area contributed by atoms with Crippen LogP contribution in [0.1, 0.15) is 47.5 Å². The summed E-state index contributed by atoms with van der Waals surface area (Å²) < 4.78 is 0. The summed E-state index contributed by atoms with van der Waals surface area (Å²) in [4.78, 5) is 13.7. The minimum absolute atomic E-state index is 0.0108. The summed E-state index contributed by atoms with van der Waals surface area (Å²) in [5.41, 5.74) is 0.0108. The van der Waals surface area contributed by atoms with Gasteiger partial charge in [-0.15, -0.1) is 0 Å². The topological polar surface area (TPSA) is 44.1 Å². The molecule has 0 aliphatic heterocycles. The van der Waals surface area contributed by atoms with Gasteiger partial charge in [-0.05, 0) is 19.3 Å². The lowest BCUT2D eigenvalue weighted by atomic mass is 9.91. The molecular formula is C12H22N2O. The third-order valence-corrected chi connectivity index (χ3v) is 2.09. The predicted octanol–water partition coefficient (Wildman–Crippen LogP) is 2.57. The maximum atomic E-state index is 11.9. The average Bonchev–Trinajstić information content (AvgIpc) is 2.00. The lowest BCUT2D eigenvalue weighted by Gasteiger charge is -2.29. The summed E-state index contributed by atoms with van der Waals surface area (Å²) in [6, 6.07) is 2.25. The standard InChI is InChI=1S/C12H22N2O/c1-10(2)14(8-6-7-13)11(15)9-12(3,4)5/h10H,6,8-9H2,1-5H3. The smallest absolute Gasteiger partial charge is 0.223 e. The molecule has 3 nitrogen and oxygen atoms in total. The van der Waals surface area contributed by atoms with E-state index in [1.165, 1.54) is 0 Å². The van der Waals surface area contributed by atoms with Crippen LogP contribution >= 0.6 is 0 Å². The van der Waals surface area contributed by atoms with Gasteiger partial charge >= 0.3 is 0 Å². The molecule has 0 spiro atoms. The van der Waals surface area contributed by atoms with E-state index in [1.807, 2.05) is 34.6 Å². The Labute approximate surface area is 93.1 Å². The average molecular weight is 210 g/mol. The first-order chi connectivity index (χ1) is 6.78. The van der Waals surface area contributed by atoms with Gasteiger partial charge in [-0.25, -0.2) is 0 Å². The minimum Gasteiger partial charge on any atom is -0.339 e. The summed E-state index contributed by atoms with van der Waals surface area (Å²) in [6.45, 7) is 10.7. The summed E-state index contributed by atoms with van der Waals surface area (Å²) in [6.07, 6.45) is 0.949. The molecule has 0 aliphatic carbocycles. The monoisotopic (exact) mass is 210 g/mol. The fourth-order valence-corrected chi connectivity index (χ4v) is 1.40. The van der Waals surface area contributed by atoms with Crippen molar-refractivity contribution >= 4 is 5.91 Å². The van der Waals surface area contributed by atoms with Gasteiger partial charge in [-0.2, -0.15) is 5.26 Å². The quantitative estimate of drug-likeness (QED) is 0.715. The third kappa shape index (κ3) is 6.11. The third-order valence-electron chi connectivity index (χ3n) is 2.09. The van der Waals surface area contributed by atoms with Crippen molar-refractivity contribution < 1.29 is 4.79 Å². The Hall–Kier alpha value is -1.04. The normalized spacial score (nSPS) is 11.3. The zero-order chi connectivity index (χ0) is 12.1. The molecule has 0 saturated carbocycles. The first-order valence-electron chi connectivity index (χ1n) is 5.44. The molecule has 0 aliphatic rings. The van der Waals surface area contributed by atoms with Crippen LogP contribution in [-0.2, 0) is 4.79 Å². The van der Waals surface area contributed by atoms with Gasteiger partial charge in [0.1, 0.15) is 0 Å². The Morgan fingerprint density at radius 2 is 1.93 bits per heavy atom. The van der Waals surface area contributed by atoms with E-state index in [0.29, 0.717) is 19.4 Å². The van der Waals surface area contributed by atoms with Gasteiger partial charge in [0.15, 0.2) is 0 Å². The van der Waals surface area contributed by atoms with Crippen LogP contribution in [-0.4, -0.2) is 23.4 Å². The Morgan fingerprint density at radius 3 is 2.27 bits per heavy atom. The summed E-state index contributed by atoms with van der Waals surface area (Å²) in [5, 5.41) is 8.52. The Bertz CT molecular complexity index is 245. The molecule has 15 heavy (non-hydrogen) atoms. The van der Waals surface area contributed by atoms with Crippen LogP contribution in [0.2, 0.25) is 0 Å². The second-order valence-electron chi connectivity index (χ2n) is 5.33. The maximum absolute atomic E-state index is 11.9. The SMILES string of the molecule is CC(C)N(CCC#N)C(=O)CC(C)(C)C. The second kappa shape index (κ2) is 5.75. The lowest BCUT2D eigenvalue weighted by molar-refractivity contribution is -0.134. The molecule has 0 aromatic heterocycles. The van der Waals surface area contributed by atoms with Crippen molar-refractivity contribution in [2.45, 2.75) is 53.5 Å². The highest BCUT2D eigenvalue weighted by atomic mass is 16.2. The molecule has 0 atom stereocenters. The van der Waals surface area contributed by atoms with Gasteiger partial charge in [0, 0.05) is 19.0 Å². The molecule has 0 fully saturated rings. The zero-order valence-electron chi connectivity index (χ0n) is 10.5. The van der Waals surface area contributed by atoms with Gasteiger partial charge in [0.2, 0.25) is 5.91 Å². The Balaban J connectivity index is 4.37. The van der Waals surface area contributed by atoms with Crippen molar-refractivity contribution in [3.8, 4) is 6.07 Å². The lowest BCUT2D eigenvalue weighted by Crippen LogP contribution is -2.39. The molecule has 0 radical (unpaired) electrons. The molecule has 0 rings (SSSR count). The van der Waals surface area contributed by atoms with E-state index in [4.69, 9.17) is 5.26 Å². The highest BCUT2D eigenvalue weighted by molar-refractivity contribution is 5.77. The number of nitriles is 1. The number of rotatable bonds is 4. The fourth-order valence-electron chi connectivity index (χ4n) is 1.40. The van der Waals surface area contributed by atoms with Crippen LogP contribution in [0.5, 0.6) is 0 Å². The zero-order valence-corrected chi connectivity index (χ0v) is 10.5. The van der Waals surface area contributed by atoms with Crippen LogP contribution in [0.4, 0.5) is 0 Å². The Morgan fingerprint density at radius 1 is 1.40 bits per heavy atom. The second-order valence-corrected chi connectivity index (χ2v) is 5.33. The summed E-state index contributed by atoms with van der Waals surface area (Å²) in [5.74, 6) is 0.146. The number of nitrogens with zero attached hydrogens (tertiary/aromatic N) is 2. The molecule has 1 amide bonds. The summed E-state index contributed by atoms with van der Waals surface area (Å²) in [7, 11) is 0. The predicted molar refractivity (Wildman–Crippen MR) is 61.2 cm³/mol. The Kier molecular flexibility index (Phi) is 5.35. The highest BCUT2D eigenvalue weighted by Crippen LogP contribution is 2.20. The van der Waals surface area contributed by atoms with E-state index in [9.17, 15) is 4.79 Å². The number of carbonyl (C=O) groups excluding carboxylic acids is 1. The van der Waals surface area contributed by atoms with Gasteiger partial charge in [-0.1, -0.05) is 20.8 Å². The highest BCUT2D eigenvalue weighted by Gasteiger charge is 2.22. The molecule has 0 N–H and O–H groups in total. The molecular weight excluding hydrogens is 188 g/mol. The van der Waals surface area contributed by atoms with Crippen LogP contribution in [0.15, 0.2) is 0 Å². The first-order valence-corrected chi connectivity index (χ1v) is 5.44. The van der Waals surface area contributed by atoms with Crippen molar-refractivity contribution in [2.75, 3.05) is 6.54 Å². The van der Waals surface area contributed by atoms with Crippen LogP contribution in [0.3, 0.4) is 0 Å². The van der Waals surface area contributed by atoms with Gasteiger partial charge in [0.05, 0.1) is 12.5 Å². The molecule has 0 aromatic carbocycles. The van der Waals surface area contributed by atoms with E-state index in [1.54, 1.807) is 4.90 Å². The van der Waals surface area contributed by atoms with Gasteiger partial charge in [-0.3, -0.25) is 4.79 Å². The molecule has 0 heterocycles. The van der Waals surface area contributed by atoms with Crippen molar-refractivity contribution in [2.24, 2.45) is 5.41 Å². The first kappa shape index (κ1) is 14.0. The van der Waals surface area contributed by atoms with E-state index in [-0.39, 0.29) is 17.4 Å². The number of carbonyl (C=O) groups is 1. The molecule has 3 heteroatoms. The van der Waals surface area contributed by atoms with E-state index < -0.39 is 0 Å². The molecule has 86 valence electrons. The van der Waals surface area contributed by atoms with Crippen molar-refractivity contribution in [1.82, 2.24) is 4.90 Å². The van der Waals surface area contributed by atoms with Gasteiger partial charge in [0.25, 0.3) is 0 Å². The van der Waals surface area contributed by atoms with Crippen LogP contribution < -0.4 is 0 Å². The number of amides is 1.